The molecule has 1 aromatic carbocycles. The van der Waals surface area contributed by atoms with Crippen molar-refractivity contribution in [1.82, 2.24) is 0 Å². The van der Waals surface area contributed by atoms with E-state index in [9.17, 15) is 4.79 Å². The first-order valence-corrected chi connectivity index (χ1v) is 3.29. The van der Waals surface area contributed by atoms with E-state index in [0.29, 0.717) is 11.3 Å². The minimum Gasteiger partial charge on any atom is -0.472 e. The van der Waals surface area contributed by atoms with Crippen molar-refractivity contribution in [3.63, 3.8) is 0 Å². The number of carbonyl (C=O) groups is 1. The molecule has 0 aliphatic rings. The molecule has 0 radical (unpaired) electrons. The Bertz CT molecular complexity index is 365. The molecule has 0 atom stereocenters. The quantitative estimate of drug-likeness (QED) is 0.484. The van der Waals surface area contributed by atoms with Crippen molar-refractivity contribution in [2.45, 2.75) is 0 Å². The maximum atomic E-state index is 10.1. The topological polar surface area (TPSA) is 63.3 Å². The second-order valence-corrected chi connectivity index (χ2v) is 2.18. The van der Waals surface area contributed by atoms with E-state index in [2.05, 4.69) is 5.92 Å². The number of halogens is 1. The van der Waals surface area contributed by atoms with Gasteiger partial charge < -0.3 is 10.8 Å². The van der Waals surface area contributed by atoms with Crippen LogP contribution in [0.2, 0.25) is 0 Å². The molecule has 3 nitrogen and oxygen atoms in total. The van der Waals surface area contributed by atoms with E-state index < -0.39 is 5.97 Å². The molecule has 13 heavy (non-hydrogen) atoms. The summed E-state index contributed by atoms with van der Waals surface area (Å²) in [6.07, 6.45) is 0. The number of hydrogen-bond donors (Lipinski definition) is 2. The van der Waals surface area contributed by atoms with E-state index >= 15 is 0 Å². The second-order valence-electron chi connectivity index (χ2n) is 2.18. The van der Waals surface area contributed by atoms with Gasteiger partial charge in [-0.15, -0.1) is 12.4 Å². The Morgan fingerprint density at radius 2 is 2.15 bits per heavy atom. The number of benzene rings is 1. The molecule has 0 aliphatic carbocycles. The van der Waals surface area contributed by atoms with Crippen LogP contribution in [0.25, 0.3) is 0 Å². The highest BCUT2D eigenvalue weighted by atomic mass is 35.5. The Kier molecular flexibility index (Phi) is 4.42. The van der Waals surface area contributed by atoms with Crippen LogP contribution in [-0.4, -0.2) is 11.1 Å². The highest BCUT2D eigenvalue weighted by Gasteiger charge is 1.88. The minimum absolute atomic E-state index is 0. The van der Waals surface area contributed by atoms with Crippen molar-refractivity contribution in [1.29, 1.82) is 0 Å². The number of carboxylic acids is 1. The summed E-state index contributed by atoms with van der Waals surface area (Å²) in [5.74, 6) is 3.31. The van der Waals surface area contributed by atoms with Gasteiger partial charge in [-0.2, -0.15) is 0 Å². The molecule has 0 spiro atoms. The van der Waals surface area contributed by atoms with Gasteiger partial charge in [0.15, 0.2) is 0 Å². The largest absolute Gasteiger partial charge is 0.472 e. The molecule has 0 aromatic heterocycles. The van der Waals surface area contributed by atoms with Crippen LogP contribution >= 0.6 is 12.4 Å². The van der Waals surface area contributed by atoms with Crippen LogP contribution in [0, 0.1) is 11.8 Å². The molecule has 0 unspecified atom stereocenters. The van der Waals surface area contributed by atoms with Crippen molar-refractivity contribution in [2.24, 2.45) is 0 Å². The Balaban J connectivity index is 0.00000144. The van der Waals surface area contributed by atoms with Crippen LogP contribution in [0.1, 0.15) is 5.56 Å². The molecule has 0 amide bonds. The van der Waals surface area contributed by atoms with Gasteiger partial charge in [-0.05, 0) is 18.2 Å². The van der Waals surface area contributed by atoms with Gasteiger partial charge in [0, 0.05) is 17.2 Å². The Labute approximate surface area is 82.0 Å². The summed E-state index contributed by atoms with van der Waals surface area (Å²) >= 11 is 0. The van der Waals surface area contributed by atoms with E-state index in [1.165, 1.54) is 0 Å². The zero-order valence-electron chi connectivity index (χ0n) is 6.65. The summed E-state index contributed by atoms with van der Waals surface area (Å²) in [5, 5.41) is 8.24. The lowest BCUT2D eigenvalue weighted by molar-refractivity contribution is -0.130. The standard InChI is InChI=1S/C9H7NO2.ClH/c10-8-3-1-2-7(6-8)4-5-9(11)12;/h1-3,6H,10H2,(H,11,12);1H. The third kappa shape index (κ3) is 4.04. The van der Waals surface area contributed by atoms with Gasteiger partial charge in [-0.25, -0.2) is 4.79 Å². The highest BCUT2D eigenvalue weighted by Crippen LogP contribution is 2.04. The van der Waals surface area contributed by atoms with Crippen LogP contribution in [0.5, 0.6) is 0 Å². The lowest BCUT2D eigenvalue weighted by atomic mass is 10.2. The average molecular weight is 198 g/mol. The molecular weight excluding hydrogens is 190 g/mol. The van der Waals surface area contributed by atoms with Gasteiger partial charge in [0.1, 0.15) is 0 Å². The van der Waals surface area contributed by atoms with E-state index in [1.54, 1.807) is 24.3 Å². The van der Waals surface area contributed by atoms with Crippen LogP contribution in [0.15, 0.2) is 24.3 Å². The second kappa shape index (κ2) is 5.07. The fourth-order valence-electron chi connectivity index (χ4n) is 0.742. The summed E-state index contributed by atoms with van der Waals surface area (Å²) in [6, 6.07) is 6.76. The predicted molar refractivity (Wildman–Crippen MR) is 52.6 cm³/mol. The van der Waals surface area contributed by atoms with E-state index in [0.717, 1.165) is 0 Å². The highest BCUT2D eigenvalue weighted by molar-refractivity contribution is 5.87. The molecule has 0 saturated carbocycles. The van der Waals surface area contributed by atoms with Crippen LogP contribution in [0.4, 0.5) is 5.69 Å². The molecule has 3 N–H and O–H groups in total. The SMILES string of the molecule is Cl.Nc1cccc(C#CC(=O)O)c1. The first kappa shape index (κ1) is 11.3. The van der Waals surface area contributed by atoms with Gasteiger partial charge >= 0.3 is 5.97 Å². The summed E-state index contributed by atoms with van der Waals surface area (Å²) in [6.45, 7) is 0. The maximum Gasteiger partial charge on any atom is 0.382 e. The third-order valence-electron chi connectivity index (χ3n) is 1.20. The van der Waals surface area contributed by atoms with Crippen molar-refractivity contribution in [3.05, 3.63) is 29.8 Å². The molecule has 1 aromatic rings. The molecule has 0 bridgehead atoms. The van der Waals surface area contributed by atoms with Gasteiger partial charge in [-0.3, -0.25) is 0 Å². The molecule has 0 aliphatic heterocycles. The van der Waals surface area contributed by atoms with Crippen LogP contribution in [-0.2, 0) is 4.79 Å². The molecular formula is C9H8ClNO2. The number of carboxylic acid groups (broad SMARTS) is 1. The number of hydrogen-bond acceptors (Lipinski definition) is 2. The van der Waals surface area contributed by atoms with Gasteiger partial charge in [0.25, 0.3) is 0 Å². The smallest absolute Gasteiger partial charge is 0.382 e. The Hall–Kier alpha value is -1.66. The fraction of sp³-hybridized carbons (Fsp3) is 0. The summed E-state index contributed by atoms with van der Waals surface area (Å²) < 4.78 is 0. The number of nitrogen functional groups attached to an aromatic ring is 1. The van der Waals surface area contributed by atoms with Gasteiger partial charge in [-0.1, -0.05) is 12.0 Å². The molecule has 68 valence electrons. The fourth-order valence-corrected chi connectivity index (χ4v) is 0.742. The predicted octanol–water partition coefficient (Wildman–Crippen LogP) is 1.13. The van der Waals surface area contributed by atoms with Crippen molar-refractivity contribution in [2.75, 3.05) is 5.73 Å². The van der Waals surface area contributed by atoms with Crippen LogP contribution in [0.3, 0.4) is 0 Å². The van der Waals surface area contributed by atoms with Gasteiger partial charge in [0.2, 0.25) is 0 Å². The first-order chi connectivity index (χ1) is 5.68. The summed E-state index contributed by atoms with van der Waals surface area (Å²) in [4.78, 5) is 10.1. The maximum absolute atomic E-state index is 10.1. The summed E-state index contributed by atoms with van der Waals surface area (Å²) in [5.41, 5.74) is 6.63. The molecule has 0 heterocycles. The van der Waals surface area contributed by atoms with Crippen molar-refractivity contribution < 1.29 is 9.90 Å². The van der Waals surface area contributed by atoms with Crippen molar-refractivity contribution in [3.8, 4) is 11.8 Å². The first-order valence-electron chi connectivity index (χ1n) is 3.29. The third-order valence-corrected chi connectivity index (χ3v) is 1.20. The van der Waals surface area contributed by atoms with Crippen LogP contribution < -0.4 is 5.73 Å². The normalized spacial score (nSPS) is 7.69. The monoisotopic (exact) mass is 197 g/mol. The number of anilines is 1. The van der Waals surface area contributed by atoms with Crippen molar-refractivity contribution >= 4 is 24.1 Å². The average Bonchev–Trinajstić information content (AvgIpc) is 2.01. The molecule has 4 heteroatoms. The van der Waals surface area contributed by atoms with Gasteiger partial charge in [0.05, 0.1) is 0 Å². The lowest BCUT2D eigenvalue weighted by Crippen LogP contribution is -1.88. The zero-order valence-corrected chi connectivity index (χ0v) is 7.47. The van der Waals surface area contributed by atoms with E-state index in [-0.39, 0.29) is 12.4 Å². The lowest BCUT2D eigenvalue weighted by Gasteiger charge is -1.91. The zero-order chi connectivity index (χ0) is 8.97. The molecule has 1 rings (SSSR count). The van der Waals surface area contributed by atoms with E-state index in [1.807, 2.05) is 5.92 Å². The number of aliphatic carboxylic acids is 1. The number of rotatable bonds is 0. The summed E-state index contributed by atoms with van der Waals surface area (Å²) in [7, 11) is 0. The Morgan fingerprint density at radius 3 is 2.69 bits per heavy atom. The van der Waals surface area contributed by atoms with E-state index in [4.69, 9.17) is 10.8 Å². The Morgan fingerprint density at radius 1 is 1.46 bits per heavy atom. The molecule has 0 fully saturated rings. The molecule has 0 saturated heterocycles. The minimum atomic E-state index is -1.14. The number of nitrogens with two attached hydrogens (primary N) is 1.